The molecule has 158 valence electrons. The lowest BCUT2D eigenvalue weighted by Gasteiger charge is -2.38. The van der Waals surface area contributed by atoms with E-state index in [0.29, 0.717) is 17.7 Å². The van der Waals surface area contributed by atoms with Crippen LogP contribution in [0.25, 0.3) is 0 Å². The zero-order valence-corrected chi connectivity index (χ0v) is 17.1. The molecule has 29 heavy (non-hydrogen) atoms. The number of hydrazine groups is 1. The molecule has 5 atom stereocenters. The molecule has 2 amide bonds. The van der Waals surface area contributed by atoms with Crippen molar-refractivity contribution in [3.05, 3.63) is 23.8 Å². The van der Waals surface area contributed by atoms with Crippen molar-refractivity contribution in [1.29, 1.82) is 0 Å². The Balaban J connectivity index is 1.19. The van der Waals surface area contributed by atoms with Crippen LogP contribution in [0.4, 0.5) is 4.79 Å². The molecule has 9 heteroatoms. The summed E-state index contributed by atoms with van der Waals surface area (Å²) in [6.45, 7) is 4.72. The van der Waals surface area contributed by atoms with Gasteiger partial charge in [0.15, 0.2) is 0 Å². The fraction of sp³-hybridized carbons (Fsp3) is 0.700. The maximum absolute atomic E-state index is 12.3. The Labute approximate surface area is 171 Å². The van der Waals surface area contributed by atoms with Crippen LogP contribution >= 0.6 is 0 Å². The van der Waals surface area contributed by atoms with Crippen molar-refractivity contribution in [3.8, 4) is 0 Å². The first kappa shape index (κ1) is 20.0. The van der Waals surface area contributed by atoms with Crippen LogP contribution in [0.15, 0.2) is 12.4 Å². The molecule has 3 aliphatic rings. The van der Waals surface area contributed by atoms with Gasteiger partial charge in [-0.25, -0.2) is 10.2 Å². The second kappa shape index (κ2) is 8.62. The van der Waals surface area contributed by atoms with Crippen LogP contribution in [-0.2, 0) is 16.0 Å². The summed E-state index contributed by atoms with van der Waals surface area (Å²) in [7, 11) is 0. The van der Waals surface area contributed by atoms with Crippen molar-refractivity contribution < 1.29 is 14.3 Å². The van der Waals surface area contributed by atoms with Crippen molar-refractivity contribution in [3.63, 3.8) is 0 Å². The van der Waals surface area contributed by atoms with Crippen LogP contribution in [0.2, 0.25) is 0 Å². The van der Waals surface area contributed by atoms with Gasteiger partial charge in [-0.1, -0.05) is 0 Å². The van der Waals surface area contributed by atoms with E-state index in [0.717, 1.165) is 44.3 Å². The zero-order chi connectivity index (χ0) is 20.4. The van der Waals surface area contributed by atoms with Crippen molar-refractivity contribution in [2.75, 3.05) is 6.54 Å². The van der Waals surface area contributed by atoms with Gasteiger partial charge in [-0.3, -0.25) is 20.2 Å². The maximum Gasteiger partial charge on any atom is 0.410 e. The molecule has 3 heterocycles. The summed E-state index contributed by atoms with van der Waals surface area (Å²) < 4.78 is 5.70. The first-order valence-corrected chi connectivity index (χ1v) is 10.5. The largest absolute Gasteiger partial charge is 0.446 e. The molecule has 2 unspecified atom stereocenters. The molecule has 3 fully saturated rings. The Morgan fingerprint density at radius 3 is 2.76 bits per heavy atom. The molecule has 0 spiro atoms. The van der Waals surface area contributed by atoms with Gasteiger partial charge in [-0.15, -0.1) is 0 Å². The number of aryl methyl sites for hydroxylation is 1. The van der Waals surface area contributed by atoms with E-state index in [4.69, 9.17) is 4.74 Å². The Morgan fingerprint density at radius 1 is 1.21 bits per heavy atom. The summed E-state index contributed by atoms with van der Waals surface area (Å²) in [5.74, 6) is 0.351. The highest BCUT2D eigenvalue weighted by atomic mass is 16.6. The molecule has 1 saturated carbocycles. The molecule has 2 saturated heterocycles. The number of amides is 2. The van der Waals surface area contributed by atoms with Crippen molar-refractivity contribution in [2.24, 2.45) is 5.92 Å². The van der Waals surface area contributed by atoms with Gasteiger partial charge in [0, 0.05) is 31.0 Å². The molecule has 1 aliphatic carbocycles. The van der Waals surface area contributed by atoms with E-state index in [9.17, 15) is 9.59 Å². The SMILES string of the molecule is Cc1cnc(CC(=O)NC2CC([C@H]3CC[C@@H](OC(=O)N4CC[C@@H]4C)C3)NN2)cn1. The summed E-state index contributed by atoms with van der Waals surface area (Å²) in [4.78, 5) is 34.6. The minimum atomic E-state index is -0.170. The molecular formula is C20H30N6O3. The number of likely N-dealkylation sites (tertiary alicyclic amines) is 1. The predicted octanol–water partition coefficient (Wildman–Crippen LogP) is 1.04. The lowest BCUT2D eigenvalue weighted by Crippen LogP contribution is -2.50. The predicted molar refractivity (Wildman–Crippen MR) is 105 cm³/mol. The van der Waals surface area contributed by atoms with E-state index in [1.54, 1.807) is 17.3 Å². The number of hydrogen-bond acceptors (Lipinski definition) is 7. The number of hydrogen-bond donors (Lipinski definition) is 3. The van der Waals surface area contributed by atoms with Crippen LogP contribution < -0.4 is 16.2 Å². The molecule has 0 radical (unpaired) electrons. The van der Waals surface area contributed by atoms with Crippen LogP contribution in [0.1, 0.15) is 50.4 Å². The van der Waals surface area contributed by atoms with Crippen molar-refractivity contribution in [1.82, 2.24) is 31.0 Å². The lowest BCUT2D eigenvalue weighted by molar-refractivity contribution is -0.121. The Bertz CT molecular complexity index is 742. The Kier molecular flexibility index (Phi) is 5.96. The Morgan fingerprint density at radius 2 is 2.07 bits per heavy atom. The van der Waals surface area contributed by atoms with Gasteiger partial charge in [-0.2, -0.15) is 0 Å². The molecule has 3 N–H and O–H groups in total. The zero-order valence-electron chi connectivity index (χ0n) is 17.1. The summed E-state index contributed by atoms with van der Waals surface area (Å²) >= 11 is 0. The van der Waals surface area contributed by atoms with Gasteiger partial charge in [0.05, 0.1) is 24.0 Å². The highest BCUT2D eigenvalue weighted by Crippen LogP contribution is 2.33. The Hall–Kier alpha value is -2.26. The van der Waals surface area contributed by atoms with E-state index in [1.165, 1.54) is 0 Å². The minimum absolute atomic E-state index is 0.00384. The second-order valence-electron chi connectivity index (χ2n) is 8.49. The average Bonchev–Trinajstić information content (AvgIpc) is 3.31. The van der Waals surface area contributed by atoms with Gasteiger partial charge in [0.2, 0.25) is 5.91 Å². The van der Waals surface area contributed by atoms with Crippen molar-refractivity contribution >= 4 is 12.0 Å². The van der Waals surface area contributed by atoms with Crippen LogP contribution in [0, 0.1) is 12.8 Å². The van der Waals surface area contributed by atoms with E-state index in [2.05, 4.69) is 33.1 Å². The fourth-order valence-corrected chi connectivity index (χ4v) is 4.35. The minimum Gasteiger partial charge on any atom is -0.446 e. The third-order valence-electron chi connectivity index (χ3n) is 6.26. The highest BCUT2D eigenvalue weighted by molar-refractivity contribution is 5.78. The van der Waals surface area contributed by atoms with Crippen LogP contribution in [-0.4, -0.2) is 57.8 Å². The fourth-order valence-electron chi connectivity index (χ4n) is 4.35. The van der Waals surface area contributed by atoms with Gasteiger partial charge in [-0.05, 0) is 51.9 Å². The van der Waals surface area contributed by atoms with E-state index < -0.39 is 0 Å². The summed E-state index contributed by atoms with van der Waals surface area (Å²) in [5.41, 5.74) is 7.97. The molecular weight excluding hydrogens is 372 g/mol. The number of carbonyl (C=O) groups is 2. The molecule has 1 aromatic heterocycles. The summed E-state index contributed by atoms with van der Waals surface area (Å²) in [6.07, 6.45) is 7.88. The number of nitrogens with one attached hydrogen (secondary N) is 3. The topological polar surface area (TPSA) is 108 Å². The summed E-state index contributed by atoms with van der Waals surface area (Å²) in [6, 6.07) is 0.557. The molecule has 0 bridgehead atoms. The summed E-state index contributed by atoms with van der Waals surface area (Å²) in [5, 5.41) is 3.00. The quantitative estimate of drug-likeness (QED) is 0.675. The van der Waals surface area contributed by atoms with E-state index in [1.807, 2.05) is 6.92 Å². The molecule has 9 nitrogen and oxygen atoms in total. The first-order chi connectivity index (χ1) is 14.0. The standard InChI is InChI=1S/C20H30N6O3/c1-12-10-22-15(11-21-12)8-19(27)23-18-9-17(24-25-18)14-3-4-16(7-14)29-20(28)26-6-5-13(26)2/h10-11,13-14,16-18,24-25H,3-9H2,1-2H3,(H,23,27)/t13-,14-,16+,17?,18?/m0/s1. The second-order valence-corrected chi connectivity index (χ2v) is 8.49. The molecule has 4 rings (SSSR count). The number of rotatable bonds is 5. The highest BCUT2D eigenvalue weighted by Gasteiger charge is 2.38. The third kappa shape index (κ3) is 4.84. The number of ether oxygens (including phenoxy) is 1. The monoisotopic (exact) mass is 402 g/mol. The lowest BCUT2D eigenvalue weighted by atomic mass is 9.96. The average molecular weight is 402 g/mol. The number of aromatic nitrogens is 2. The smallest absolute Gasteiger partial charge is 0.410 e. The normalized spacial score (nSPS) is 31.4. The van der Waals surface area contributed by atoms with Crippen molar-refractivity contribution in [2.45, 2.75) is 76.7 Å². The number of carbonyl (C=O) groups excluding carboxylic acids is 2. The molecule has 0 aromatic carbocycles. The van der Waals surface area contributed by atoms with Crippen LogP contribution in [0.3, 0.4) is 0 Å². The van der Waals surface area contributed by atoms with Crippen LogP contribution in [0.5, 0.6) is 0 Å². The number of nitrogens with zero attached hydrogens (tertiary/aromatic N) is 3. The van der Waals surface area contributed by atoms with Gasteiger partial charge < -0.3 is 15.0 Å². The van der Waals surface area contributed by atoms with E-state index in [-0.39, 0.29) is 36.7 Å². The first-order valence-electron chi connectivity index (χ1n) is 10.5. The van der Waals surface area contributed by atoms with E-state index >= 15 is 0 Å². The van der Waals surface area contributed by atoms with Gasteiger partial charge >= 0.3 is 6.09 Å². The van der Waals surface area contributed by atoms with Gasteiger partial charge in [0.25, 0.3) is 0 Å². The molecule has 2 aliphatic heterocycles. The third-order valence-corrected chi connectivity index (χ3v) is 6.26. The maximum atomic E-state index is 12.3. The molecule has 1 aromatic rings. The van der Waals surface area contributed by atoms with Gasteiger partial charge in [0.1, 0.15) is 6.10 Å².